The smallest absolute Gasteiger partial charge is 0.0446 e. The Kier molecular flexibility index (Phi) is 6.65. The van der Waals surface area contributed by atoms with Gasteiger partial charge in [0.2, 0.25) is 0 Å². The van der Waals surface area contributed by atoms with Crippen LogP contribution in [0.3, 0.4) is 0 Å². The summed E-state index contributed by atoms with van der Waals surface area (Å²) < 4.78 is 2.38. The molecule has 0 bridgehead atoms. The van der Waals surface area contributed by atoms with Gasteiger partial charge in [-0.3, -0.25) is 0 Å². The first kappa shape index (κ1) is 13.7. The lowest BCUT2D eigenvalue weighted by Gasteiger charge is -2.16. The van der Waals surface area contributed by atoms with Crippen molar-refractivity contribution in [3.05, 3.63) is 24.0 Å². The van der Waals surface area contributed by atoms with Gasteiger partial charge in [0.25, 0.3) is 0 Å². The van der Waals surface area contributed by atoms with Crippen LogP contribution >= 0.6 is 11.8 Å². The molecule has 0 aliphatic carbocycles. The van der Waals surface area contributed by atoms with Gasteiger partial charge in [0, 0.05) is 24.5 Å². The largest absolute Gasteiger partial charge is 0.350 e. The van der Waals surface area contributed by atoms with Crippen molar-refractivity contribution in [3.63, 3.8) is 0 Å². The first-order valence-corrected chi connectivity index (χ1v) is 7.56. The van der Waals surface area contributed by atoms with E-state index in [1.165, 1.54) is 24.3 Å². The van der Waals surface area contributed by atoms with E-state index in [1.807, 2.05) is 11.8 Å². The molecule has 1 rings (SSSR count). The van der Waals surface area contributed by atoms with Crippen LogP contribution in [0.1, 0.15) is 38.4 Å². The van der Waals surface area contributed by atoms with Crippen molar-refractivity contribution in [3.8, 4) is 0 Å². The van der Waals surface area contributed by atoms with Gasteiger partial charge in [-0.2, -0.15) is 11.8 Å². The molecule has 0 saturated carbocycles. The van der Waals surface area contributed by atoms with Crippen molar-refractivity contribution in [2.75, 3.05) is 18.6 Å². The predicted molar refractivity (Wildman–Crippen MR) is 74.1 cm³/mol. The predicted octanol–water partition coefficient (Wildman–Crippen LogP) is 3.30. The molecule has 0 spiro atoms. The Morgan fingerprint density at radius 3 is 3.00 bits per heavy atom. The zero-order chi connectivity index (χ0) is 11.8. The van der Waals surface area contributed by atoms with Crippen LogP contribution in [0.25, 0.3) is 0 Å². The molecule has 92 valence electrons. The molecule has 1 heterocycles. The topological polar surface area (TPSA) is 17.0 Å². The Balaban J connectivity index is 2.48. The Labute approximate surface area is 104 Å². The summed E-state index contributed by atoms with van der Waals surface area (Å²) >= 11 is 1.92. The highest BCUT2D eigenvalue weighted by atomic mass is 32.2. The molecular weight excluding hydrogens is 216 g/mol. The van der Waals surface area contributed by atoms with Crippen molar-refractivity contribution in [2.24, 2.45) is 0 Å². The molecule has 0 radical (unpaired) electrons. The molecule has 0 amide bonds. The van der Waals surface area contributed by atoms with Crippen molar-refractivity contribution < 1.29 is 0 Å². The standard InChI is InChI=1S/C13H24N2S/c1-4-8-14-12(2)13-7-5-9-15(13)10-6-11-16-3/h5,7,9,12,14H,4,6,8,10-11H2,1-3H3. The van der Waals surface area contributed by atoms with Crippen LogP contribution in [0.15, 0.2) is 18.3 Å². The maximum atomic E-state index is 3.54. The molecule has 0 aliphatic heterocycles. The van der Waals surface area contributed by atoms with Crippen LogP contribution in [0.4, 0.5) is 0 Å². The monoisotopic (exact) mass is 240 g/mol. The Morgan fingerprint density at radius 1 is 1.50 bits per heavy atom. The highest BCUT2D eigenvalue weighted by Crippen LogP contribution is 2.14. The maximum absolute atomic E-state index is 3.54. The lowest BCUT2D eigenvalue weighted by atomic mass is 10.2. The van der Waals surface area contributed by atoms with Crippen molar-refractivity contribution in [1.82, 2.24) is 9.88 Å². The summed E-state index contributed by atoms with van der Waals surface area (Å²) in [6.45, 7) is 6.69. The highest BCUT2D eigenvalue weighted by Gasteiger charge is 2.08. The van der Waals surface area contributed by atoms with E-state index >= 15 is 0 Å². The fourth-order valence-corrected chi connectivity index (χ4v) is 2.29. The normalized spacial score (nSPS) is 12.9. The fourth-order valence-electron chi connectivity index (χ4n) is 1.87. The van der Waals surface area contributed by atoms with Gasteiger partial charge >= 0.3 is 0 Å². The van der Waals surface area contributed by atoms with Crippen molar-refractivity contribution in [2.45, 2.75) is 39.3 Å². The third-order valence-electron chi connectivity index (χ3n) is 2.76. The number of nitrogens with zero attached hydrogens (tertiary/aromatic N) is 1. The molecule has 1 N–H and O–H groups in total. The van der Waals surface area contributed by atoms with E-state index in [0.29, 0.717) is 6.04 Å². The van der Waals surface area contributed by atoms with Crippen LogP contribution < -0.4 is 5.32 Å². The van der Waals surface area contributed by atoms with E-state index in [9.17, 15) is 0 Å². The highest BCUT2D eigenvalue weighted by molar-refractivity contribution is 7.98. The first-order chi connectivity index (χ1) is 7.79. The summed E-state index contributed by atoms with van der Waals surface area (Å²) in [4.78, 5) is 0. The molecule has 1 unspecified atom stereocenters. The summed E-state index contributed by atoms with van der Waals surface area (Å²) in [5.74, 6) is 1.24. The second-order valence-electron chi connectivity index (χ2n) is 4.15. The van der Waals surface area contributed by atoms with Gasteiger partial charge in [0.15, 0.2) is 0 Å². The summed E-state index contributed by atoms with van der Waals surface area (Å²) in [6.07, 6.45) is 6.81. The van der Waals surface area contributed by atoms with Gasteiger partial charge in [-0.1, -0.05) is 6.92 Å². The summed E-state index contributed by atoms with van der Waals surface area (Å²) in [5, 5.41) is 3.54. The van der Waals surface area contributed by atoms with Crippen LogP contribution in [0, 0.1) is 0 Å². The van der Waals surface area contributed by atoms with Crippen LogP contribution in [0.5, 0.6) is 0 Å². The molecule has 0 aliphatic rings. The molecule has 3 heteroatoms. The zero-order valence-electron chi connectivity index (χ0n) is 10.7. The molecule has 1 aromatic heterocycles. The van der Waals surface area contributed by atoms with E-state index in [0.717, 1.165) is 13.1 Å². The fraction of sp³-hybridized carbons (Fsp3) is 0.692. The maximum Gasteiger partial charge on any atom is 0.0446 e. The van der Waals surface area contributed by atoms with Crippen molar-refractivity contribution >= 4 is 11.8 Å². The van der Waals surface area contributed by atoms with Crippen LogP contribution in [-0.4, -0.2) is 23.1 Å². The van der Waals surface area contributed by atoms with Gasteiger partial charge in [0.05, 0.1) is 0 Å². The molecule has 0 fully saturated rings. The number of hydrogen-bond donors (Lipinski definition) is 1. The number of aryl methyl sites for hydroxylation is 1. The number of aromatic nitrogens is 1. The molecular formula is C13H24N2S. The second-order valence-corrected chi connectivity index (χ2v) is 5.13. The van der Waals surface area contributed by atoms with Gasteiger partial charge in [-0.15, -0.1) is 0 Å². The van der Waals surface area contributed by atoms with Gasteiger partial charge in [0.1, 0.15) is 0 Å². The number of nitrogens with one attached hydrogen (secondary N) is 1. The Hall–Kier alpha value is -0.410. The Bertz CT molecular complexity index is 283. The van der Waals surface area contributed by atoms with E-state index < -0.39 is 0 Å². The Morgan fingerprint density at radius 2 is 2.31 bits per heavy atom. The van der Waals surface area contributed by atoms with E-state index in [1.54, 1.807) is 0 Å². The molecule has 0 saturated heterocycles. The third kappa shape index (κ3) is 4.22. The number of hydrogen-bond acceptors (Lipinski definition) is 2. The lowest BCUT2D eigenvalue weighted by molar-refractivity contribution is 0.522. The quantitative estimate of drug-likeness (QED) is 0.702. The average Bonchev–Trinajstić information content (AvgIpc) is 2.74. The van der Waals surface area contributed by atoms with Crippen molar-refractivity contribution in [1.29, 1.82) is 0 Å². The average molecular weight is 240 g/mol. The third-order valence-corrected chi connectivity index (χ3v) is 3.45. The zero-order valence-corrected chi connectivity index (χ0v) is 11.5. The summed E-state index contributed by atoms with van der Waals surface area (Å²) in [5.41, 5.74) is 1.41. The summed E-state index contributed by atoms with van der Waals surface area (Å²) in [6, 6.07) is 4.84. The van der Waals surface area contributed by atoms with Gasteiger partial charge in [-0.05, 0) is 50.5 Å². The number of rotatable bonds is 8. The first-order valence-electron chi connectivity index (χ1n) is 6.17. The molecule has 2 nitrogen and oxygen atoms in total. The molecule has 16 heavy (non-hydrogen) atoms. The van der Waals surface area contributed by atoms with E-state index in [4.69, 9.17) is 0 Å². The second kappa shape index (κ2) is 7.80. The summed E-state index contributed by atoms with van der Waals surface area (Å²) in [7, 11) is 0. The van der Waals surface area contributed by atoms with Crippen LogP contribution in [-0.2, 0) is 6.54 Å². The minimum absolute atomic E-state index is 0.462. The molecule has 1 aromatic rings. The molecule has 1 atom stereocenters. The number of thioether (sulfide) groups is 1. The van der Waals surface area contributed by atoms with Crippen LogP contribution in [0.2, 0.25) is 0 Å². The van der Waals surface area contributed by atoms with E-state index in [2.05, 4.69) is 48.3 Å². The minimum Gasteiger partial charge on any atom is -0.350 e. The van der Waals surface area contributed by atoms with E-state index in [-0.39, 0.29) is 0 Å². The minimum atomic E-state index is 0.462. The lowest BCUT2D eigenvalue weighted by Crippen LogP contribution is -2.22. The van der Waals surface area contributed by atoms with Gasteiger partial charge < -0.3 is 9.88 Å². The SMILES string of the molecule is CCCNC(C)c1cccn1CCCSC. The molecule has 0 aromatic carbocycles. The van der Waals surface area contributed by atoms with Gasteiger partial charge in [-0.25, -0.2) is 0 Å².